The van der Waals surface area contributed by atoms with Crippen molar-refractivity contribution in [2.24, 2.45) is 0 Å². The van der Waals surface area contributed by atoms with E-state index >= 15 is 0 Å². The molecule has 2 heterocycles. The lowest BCUT2D eigenvalue weighted by Gasteiger charge is -2.32. The number of rotatable bonds is 3. The maximum Gasteiger partial charge on any atom is 0.427 e. The molecule has 19 heavy (non-hydrogen) atoms. The minimum atomic E-state index is -4.28. The molecule has 0 radical (unpaired) electrons. The molecule has 0 unspecified atom stereocenters. The number of halogens is 3. The smallest absolute Gasteiger partial charge is 0.359 e. The summed E-state index contributed by atoms with van der Waals surface area (Å²) in [5, 5.41) is 3.52. The molecule has 1 aromatic heterocycles. The van der Waals surface area contributed by atoms with Crippen LogP contribution in [0.2, 0.25) is 0 Å². The highest BCUT2D eigenvalue weighted by molar-refractivity contribution is 7.15. The predicted octanol–water partition coefficient (Wildman–Crippen LogP) is 3.20. The lowest BCUT2D eigenvalue weighted by molar-refractivity contribution is -0.134. The Bertz CT molecular complexity index is 434. The zero-order valence-electron chi connectivity index (χ0n) is 10.4. The first-order valence-electron chi connectivity index (χ1n) is 6.56. The van der Waals surface area contributed by atoms with E-state index in [0.29, 0.717) is 16.5 Å². The van der Waals surface area contributed by atoms with Crippen molar-refractivity contribution in [1.82, 2.24) is 9.88 Å². The molecule has 0 bridgehead atoms. The molecule has 2 aliphatic rings. The summed E-state index contributed by atoms with van der Waals surface area (Å²) in [6, 6.07) is 1.03. The van der Waals surface area contributed by atoms with Gasteiger partial charge in [-0.25, -0.2) is 4.98 Å². The minimum Gasteiger partial charge on any atom is -0.359 e. The molecule has 1 N–H and O–H groups in total. The topological polar surface area (TPSA) is 28.2 Å². The largest absolute Gasteiger partial charge is 0.427 e. The molecule has 2 fully saturated rings. The van der Waals surface area contributed by atoms with Crippen molar-refractivity contribution in [3.63, 3.8) is 0 Å². The molecular formula is C12H16F3N3S. The van der Waals surface area contributed by atoms with Crippen LogP contribution >= 0.6 is 11.3 Å². The van der Waals surface area contributed by atoms with Crippen LogP contribution in [0.5, 0.6) is 0 Å². The fourth-order valence-corrected chi connectivity index (χ4v) is 3.26. The van der Waals surface area contributed by atoms with E-state index < -0.39 is 11.1 Å². The first kappa shape index (κ1) is 13.2. The van der Waals surface area contributed by atoms with Crippen LogP contribution in [-0.4, -0.2) is 35.1 Å². The number of likely N-dealkylation sites (tertiary alicyclic amines) is 1. The molecule has 0 spiro atoms. The first-order valence-corrected chi connectivity index (χ1v) is 7.37. The number of hydrogen-bond acceptors (Lipinski definition) is 4. The lowest BCUT2D eigenvalue weighted by Crippen LogP contribution is -2.40. The number of alkyl halides is 3. The molecule has 7 heteroatoms. The van der Waals surface area contributed by atoms with Gasteiger partial charge in [0, 0.05) is 25.2 Å². The normalized spacial score (nSPS) is 22.7. The van der Waals surface area contributed by atoms with Gasteiger partial charge in [-0.2, -0.15) is 13.2 Å². The van der Waals surface area contributed by atoms with E-state index in [1.807, 2.05) is 0 Å². The zero-order chi connectivity index (χ0) is 13.5. The third-order valence-corrected chi connectivity index (χ3v) is 4.68. The number of aromatic nitrogens is 1. The van der Waals surface area contributed by atoms with E-state index in [2.05, 4.69) is 15.2 Å². The second-order valence-electron chi connectivity index (χ2n) is 5.21. The number of thiazole rings is 1. The van der Waals surface area contributed by atoms with Crippen LogP contribution in [0, 0.1) is 0 Å². The molecular weight excluding hydrogens is 275 g/mol. The molecule has 0 amide bonds. The Morgan fingerprint density at radius 1 is 1.21 bits per heavy atom. The molecule has 3 nitrogen and oxygen atoms in total. The van der Waals surface area contributed by atoms with Crippen LogP contribution < -0.4 is 5.32 Å². The Morgan fingerprint density at radius 3 is 2.42 bits per heavy atom. The lowest BCUT2D eigenvalue weighted by atomic mass is 10.1. The van der Waals surface area contributed by atoms with Crippen LogP contribution in [0.4, 0.5) is 18.3 Å². The van der Waals surface area contributed by atoms with Gasteiger partial charge in [0.15, 0.2) is 5.13 Å². The van der Waals surface area contributed by atoms with Gasteiger partial charge < -0.3 is 10.2 Å². The Hall–Kier alpha value is -0.820. The monoisotopic (exact) mass is 291 g/mol. The summed E-state index contributed by atoms with van der Waals surface area (Å²) in [6.45, 7) is 2.08. The zero-order valence-corrected chi connectivity index (χ0v) is 11.2. The molecule has 1 saturated heterocycles. The second kappa shape index (κ2) is 4.94. The highest BCUT2D eigenvalue weighted by atomic mass is 32.1. The van der Waals surface area contributed by atoms with Gasteiger partial charge >= 0.3 is 6.18 Å². The van der Waals surface area contributed by atoms with Gasteiger partial charge in [0.2, 0.25) is 0 Å². The van der Waals surface area contributed by atoms with Gasteiger partial charge in [-0.05, 0) is 25.7 Å². The van der Waals surface area contributed by atoms with Gasteiger partial charge in [-0.1, -0.05) is 11.3 Å². The molecule has 1 saturated carbocycles. The molecule has 1 aliphatic heterocycles. The molecule has 1 aromatic rings. The van der Waals surface area contributed by atoms with E-state index in [1.165, 1.54) is 12.8 Å². The Kier molecular flexibility index (Phi) is 3.42. The van der Waals surface area contributed by atoms with Crippen molar-refractivity contribution in [1.29, 1.82) is 0 Å². The quantitative estimate of drug-likeness (QED) is 0.927. The van der Waals surface area contributed by atoms with Gasteiger partial charge in [-0.15, -0.1) is 0 Å². The summed E-state index contributed by atoms with van der Waals surface area (Å²) in [4.78, 5) is 5.67. The SMILES string of the molecule is FC(F)(F)c1cnc(NC2CCN(C3CC3)CC2)s1. The average Bonchev–Trinajstić information content (AvgIpc) is 3.09. The van der Waals surface area contributed by atoms with Crippen LogP contribution in [0.1, 0.15) is 30.6 Å². The summed E-state index contributed by atoms with van der Waals surface area (Å²) in [6.07, 6.45) is 1.20. The summed E-state index contributed by atoms with van der Waals surface area (Å²) < 4.78 is 37.4. The number of nitrogens with zero attached hydrogens (tertiary/aromatic N) is 2. The number of anilines is 1. The van der Waals surface area contributed by atoms with E-state index in [0.717, 1.165) is 38.2 Å². The van der Waals surface area contributed by atoms with Gasteiger partial charge in [0.1, 0.15) is 4.88 Å². The maximum absolute atomic E-state index is 12.5. The van der Waals surface area contributed by atoms with Gasteiger partial charge in [-0.3, -0.25) is 0 Å². The minimum absolute atomic E-state index is 0.252. The van der Waals surface area contributed by atoms with E-state index in [1.54, 1.807) is 0 Å². The molecule has 1 aliphatic carbocycles. The van der Waals surface area contributed by atoms with Crippen molar-refractivity contribution in [3.05, 3.63) is 11.1 Å². The fourth-order valence-electron chi connectivity index (χ4n) is 2.50. The molecule has 0 atom stereocenters. The van der Waals surface area contributed by atoms with Crippen molar-refractivity contribution in [2.75, 3.05) is 18.4 Å². The highest BCUT2D eigenvalue weighted by Gasteiger charge is 2.34. The van der Waals surface area contributed by atoms with Crippen molar-refractivity contribution < 1.29 is 13.2 Å². The number of nitrogens with one attached hydrogen (secondary N) is 1. The van der Waals surface area contributed by atoms with Crippen molar-refractivity contribution >= 4 is 16.5 Å². The average molecular weight is 291 g/mol. The fraction of sp³-hybridized carbons (Fsp3) is 0.750. The molecule has 106 valence electrons. The Balaban J connectivity index is 1.53. The van der Waals surface area contributed by atoms with E-state index in [4.69, 9.17) is 0 Å². The first-order chi connectivity index (χ1) is 9.02. The van der Waals surface area contributed by atoms with Crippen LogP contribution in [0.15, 0.2) is 6.20 Å². The van der Waals surface area contributed by atoms with Crippen LogP contribution in [0.3, 0.4) is 0 Å². The molecule has 3 rings (SSSR count). The third-order valence-electron chi connectivity index (χ3n) is 3.71. The van der Waals surface area contributed by atoms with E-state index in [-0.39, 0.29) is 6.04 Å². The summed E-state index contributed by atoms with van der Waals surface area (Å²) in [5.74, 6) is 0. The highest BCUT2D eigenvalue weighted by Crippen LogP contribution is 2.36. The predicted molar refractivity (Wildman–Crippen MR) is 68.4 cm³/mol. The van der Waals surface area contributed by atoms with Crippen LogP contribution in [-0.2, 0) is 6.18 Å². The standard InChI is InChI=1S/C12H16F3N3S/c13-12(14,15)10-7-16-11(19-10)17-8-3-5-18(6-4-8)9-1-2-9/h7-9H,1-6H2,(H,16,17). The maximum atomic E-state index is 12.5. The van der Waals surface area contributed by atoms with E-state index in [9.17, 15) is 13.2 Å². The third kappa shape index (κ3) is 3.20. The van der Waals surface area contributed by atoms with Crippen LogP contribution in [0.25, 0.3) is 0 Å². The summed E-state index contributed by atoms with van der Waals surface area (Å²) >= 11 is 0.692. The summed E-state index contributed by atoms with van der Waals surface area (Å²) in [5.41, 5.74) is 0. The van der Waals surface area contributed by atoms with Crippen molar-refractivity contribution in [3.8, 4) is 0 Å². The Morgan fingerprint density at radius 2 is 1.89 bits per heavy atom. The number of hydrogen-bond donors (Lipinski definition) is 1. The van der Waals surface area contributed by atoms with Gasteiger partial charge in [0.25, 0.3) is 0 Å². The number of piperidine rings is 1. The summed E-state index contributed by atoms with van der Waals surface area (Å²) in [7, 11) is 0. The Labute approximate surface area is 113 Å². The van der Waals surface area contributed by atoms with Gasteiger partial charge in [0.05, 0.1) is 6.20 Å². The molecule has 0 aromatic carbocycles. The second-order valence-corrected chi connectivity index (χ2v) is 6.24. The van der Waals surface area contributed by atoms with Crippen molar-refractivity contribution in [2.45, 2.75) is 43.9 Å².